The molecule has 1 aliphatic carbocycles. The molecule has 2 fully saturated rings. The molecule has 0 radical (unpaired) electrons. The number of halogens is 3. The standard InChI is InChI=1S/C26H25F3N4O5/c1-36-21-11-19-20(12-22(21)37-2)30-14-31-24(19)38-18-8-6-16(7-9-18)33-23(34)13-32(25(33)35)17-5-3-4-15(10-17)26(27,28)29/h3-5,10-12,14,16,18H,6-9,13H2,1-2H3. The van der Waals surface area contributed by atoms with Crippen molar-refractivity contribution in [2.75, 3.05) is 25.7 Å². The van der Waals surface area contributed by atoms with Gasteiger partial charge in [-0.3, -0.25) is 14.6 Å². The summed E-state index contributed by atoms with van der Waals surface area (Å²) in [5.74, 6) is 1.01. The Bertz CT molecular complexity index is 1370. The Morgan fingerprint density at radius 2 is 1.66 bits per heavy atom. The second kappa shape index (κ2) is 9.99. The number of alkyl halides is 3. The molecule has 0 bridgehead atoms. The number of fused-ring (bicyclic) bond motifs is 1. The van der Waals surface area contributed by atoms with Crippen LogP contribution >= 0.6 is 0 Å². The van der Waals surface area contributed by atoms with Crippen molar-refractivity contribution in [3.63, 3.8) is 0 Å². The zero-order valence-electron chi connectivity index (χ0n) is 20.7. The first-order valence-corrected chi connectivity index (χ1v) is 12.0. The number of hydrogen-bond donors (Lipinski definition) is 0. The molecule has 12 heteroatoms. The number of nitrogens with zero attached hydrogens (tertiary/aromatic N) is 4. The first kappa shape index (κ1) is 25.6. The van der Waals surface area contributed by atoms with E-state index in [9.17, 15) is 22.8 Å². The van der Waals surface area contributed by atoms with Gasteiger partial charge in [-0.25, -0.2) is 14.8 Å². The van der Waals surface area contributed by atoms with E-state index in [1.165, 1.54) is 37.6 Å². The lowest BCUT2D eigenvalue weighted by atomic mass is 9.92. The Hall–Kier alpha value is -4.09. The van der Waals surface area contributed by atoms with Crippen molar-refractivity contribution in [1.29, 1.82) is 0 Å². The second-order valence-electron chi connectivity index (χ2n) is 9.13. The van der Waals surface area contributed by atoms with Crippen molar-refractivity contribution in [1.82, 2.24) is 14.9 Å². The lowest BCUT2D eigenvalue weighted by Crippen LogP contribution is -2.44. The van der Waals surface area contributed by atoms with E-state index in [2.05, 4.69) is 9.97 Å². The molecule has 2 aliphatic rings. The van der Waals surface area contributed by atoms with E-state index in [4.69, 9.17) is 14.2 Å². The number of benzene rings is 2. The topological polar surface area (TPSA) is 94.1 Å². The van der Waals surface area contributed by atoms with Gasteiger partial charge in [-0.15, -0.1) is 0 Å². The minimum atomic E-state index is -4.55. The zero-order valence-corrected chi connectivity index (χ0v) is 20.7. The van der Waals surface area contributed by atoms with Gasteiger partial charge >= 0.3 is 12.2 Å². The number of amides is 3. The number of carbonyl (C=O) groups excluding carboxylic acids is 2. The highest BCUT2D eigenvalue weighted by Crippen LogP contribution is 2.37. The molecule has 0 unspecified atom stereocenters. The number of ether oxygens (including phenoxy) is 3. The average Bonchev–Trinajstić information content (AvgIpc) is 3.21. The molecule has 9 nitrogen and oxygen atoms in total. The smallest absolute Gasteiger partial charge is 0.416 e. The van der Waals surface area contributed by atoms with Crippen LogP contribution < -0.4 is 19.1 Å². The van der Waals surface area contributed by atoms with Crippen molar-refractivity contribution in [2.45, 2.75) is 44.0 Å². The van der Waals surface area contributed by atoms with Crippen molar-refractivity contribution in [3.8, 4) is 17.4 Å². The van der Waals surface area contributed by atoms with E-state index >= 15 is 0 Å². The number of urea groups is 1. The van der Waals surface area contributed by atoms with Crippen LogP contribution in [0.25, 0.3) is 10.9 Å². The van der Waals surface area contributed by atoms with E-state index in [1.807, 2.05) is 0 Å². The number of imide groups is 1. The van der Waals surface area contributed by atoms with Crippen LogP contribution in [0.2, 0.25) is 0 Å². The van der Waals surface area contributed by atoms with Gasteiger partial charge in [-0.1, -0.05) is 6.07 Å². The molecule has 3 amide bonds. The number of aromatic nitrogens is 2. The van der Waals surface area contributed by atoms with E-state index in [0.29, 0.717) is 54.0 Å². The highest BCUT2D eigenvalue weighted by atomic mass is 19.4. The van der Waals surface area contributed by atoms with Crippen LogP contribution in [0.1, 0.15) is 31.2 Å². The van der Waals surface area contributed by atoms with E-state index < -0.39 is 23.7 Å². The lowest BCUT2D eigenvalue weighted by Gasteiger charge is -2.33. The maximum Gasteiger partial charge on any atom is 0.416 e. The first-order chi connectivity index (χ1) is 18.2. The Balaban J connectivity index is 1.27. The van der Waals surface area contributed by atoms with Gasteiger partial charge in [0.1, 0.15) is 19.0 Å². The van der Waals surface area contributed by atoms with Gasteiger partial charge in [0.15, 0.2) is 11.5 Å². The van der Waals surface area contributed by atoms with Gasteiger partial charge in [0.25, 0.3) is 5.91 Å². The highest BCUT2D eigenvalue weighted by molar-refractivity contribution is 6.12. The third-order valence-corrected chi connectivity index (χ3v) is 6.88. The van der Waals surface area contributed by atoms with Crippen LogP contribution in [0.5, 0.6) is 17.4 Å². The molecule has 200 valence electrons. The number of rotatable bonds is 6. The molecule has 1 aliphatic heterocycles. The molecule has 0 spiro atoms. The number of anilines is 1. The molecule has 3 aromatic rings. The van der Waals surface area contributed by atoms with Crippen molar-refractivity contribution >= 4 is 28.5 Å². The molecular weight excluding hydrogens is 505 g/mol. The normalized spacial score (nSPS) is 20.2. The molecule has 1 saturated carbocycles. The fourth-order valence-corrected chi connectivity index (χ4v) is 4.96. The summed E-state index contributed by atoms with van der Waals surface area (Å²) >= 11 is 0. The van der Waals surface area contributed by atoms with Gasteiger partial charge in [0, 0.05) is 17.8 Å². The quantitative estimate of drug-likeness (QED) is 0.422. The van der Waals surface area contributed by atoms with Gasteiger partial charge in [0.2, 0.25) is 5.88 Å². The molecule has 5 rings (SSSR count). The van der Waals surface area contributed by atoms with Crippen LogP contribution in [0.3, 0.4) is 0 Å². The number of methoxy groups -OCH3 is 2. The second-order valence-corrected chi connectivity index (χ2v) is 9.13. The summed E-state index contributed by atoms with van der Waals surface area (Å²) in [5.41, 5.74) is -0.204. The average molecular weight is 531 g/mol. The summed E-state index contributed by atoms with van der Waals surface area (Å²) < 4.78 is 56.3. The molecular formula is C26H25F3N4O5. The van der Waals surface area contributed by atoms with Gasteiger partial charge in [-0.2, -0.15) is 13.2 Å². The van der Waals surface area contributed by atoms with Crippen LogP contribution in [-0.2, 0) is 11.0 Å². The van der Waals surface area contributed by atoms with E-state index in [0.717, 1.165) is 17.0 Å². The molecule has 0 atom stereocenters. The predicted octanol–water partition coefficient (Wildman–Crippen LogP) is 4.82. The maximum atomic E-state index is 13.1. The predicted molar refractivity (Wildman–Crippen MR) is 130 cm³/mol. The minimum Gasteiger partial charge on any atom is -0.493 e. The van der Waals surface area contributed by atoms with Gasteiger partial charge in [-0.05, 0) is 49.9 Å². The molecule has 2 aromatic carbocycles. The summed E-state index contributed by atoms with van der Waals surface area (Å²) in [4.78, 5) is 36.7. The molecule has 2 heterocycles. The minimum absolute atomic E-state index is 0.0420. The number of carbonyl (C=O) groups is 2. The summed E-state index contributed by atoms with van der Waals surface area (Å²) in [7, 11) is 3.07. The Labute approximate surface area is 216 Å². The van der Waals surface area contributed by atoms with Crippen LogP contribution in [0.4, 0.5) is 23.7 Å². The summed E-state index contributed by atoms with van der Waals surface area (Å²) in [6.45, 7) is -0.297. The largest absolute Gasteiger partial charge is 0.493 e. The van der Waals surface area contributed by atoms with Crippen molar-refractivity contribution < 1.29 is 37.0 Å². The lowest BCUT2D eigenvalue weighted by molar-refractivity contribution is -0.137. The first-order valence-electron chi connectivity index (χ1n) is 12.0. The van der Waals surface area contributed by atoms with Crippen molar-refractivity contribution in [3.05, 3.63) is 48.3 Å². The summed E-state index contributed by atoms with van der Waals surface area (Å²) in [6.07, 6.45) is -1.23. The van der Waals surface area contributed by atoms with Crippen LogP contribution in [0, 0.1) is 0 Å². The van der Waals surface area contributed by atoms with Crippen LogP contribution in [-0.4, -0.2) is 59.7 Å². The third kappa shape index (κ3) is 4.77. The van der Waals surface area contributed by atoms with E-state index in [-0.39, 0.29) is 24.4 Å². The van der Waals surface area contributed by atoms with Gasteiger partial charge in [0.05, 0.1) is 30.7 Å². The zero-order chi connectivity index (χ0) is 27.0. The van der Waals surface area contributed by atoms with Gasteiger partial charge < -0.3 is 14.2 Å². The molecule has 1 aromatic heterocycles. The highest BCUT2D eigenvalue weighted by Gasteiger charge is 2.43. The monoisotopic (exact) mass is 530 g/mol. The molecule has 1 saturated heterocycles. The molecule has 38 heavy (non-hydrogen) atoms. The Morgan fingerprint density at radius 3 is 2.34 bits per heavy atom. The maximum absolute atomic E-state index is 13.1. The SMILES string of the molecule is COc1cc2ncnc(OC3CCC(N4C(=O)CN(c5cccc(C(F)(F)F)c5)C4=O)CC3)c2cc1OC. The summed E-state index contributed by atoms with van der Waals surface area (Å²) in [6, 6.07) is 6.95. The van der Waals surface area contributed by atoms with E-state index in [1.54, 1.807) is 12.1 Å². The third-order valence-electron chi connectivity index (χ3n) is 6.88. The molecule has 0 N–H and O–H groups in total. The van der Waals surface area contributed by atoms with Crippen LogP contribution in [0.15, 0.2) is 42.7 Å². The fraction of sp³-hybridized carbons (Fsp3) is 0.385. The summed E-state index contributed by atoms with van der Waals surface area (Å²) in [5, 5.41) is 0.661. The number of hydrogen-bond acceptors (Lipinski definition) is 7. The Kier molecular flexibility index (Phi) is 6.72. The fourth-order valence-electron chi connectivity index (χ4n) is 4.96. The Morgan fingerprint density at radius 1 is 0.947 bits per heavy atom. The van der Waals surface area contributed by atoms with Crippen molar-refractivity contribution in [2.24, 2.45) is 0 Å².